The fourth-order valence-electron chi connectivity index (χ4n) is 4.27. The Morgan fingerprint density at radius 2 is 1.91 bits per heavy atom. The molecule has 1 saturated heterocycles. The van der Waals surface area contributed by atoms with Crippen molar-refractivity contribution < 1.29 is 19.3 Å². The molecule has 9 heteroatoms. The number of nitro benzene ring substituents is 1. The van der Waals surface area contributed by atoms with E-state index in [9.17, 15) is 24.5 Å². The van der Waals surface area contributed by atoms with Crippen molar-refractivity contribution in [2.24, 2.45) is 17.8 Å². The number of hydrazine groups is 1. The second-order valence-corrected chi connectivity index (χ2v) is 8.38. The van der Waals surface area contributed by atoms with Gasteiger partial charge in [-0.15, -0.1) is 0 Å². The standard InChI is InChI=1S/C23H20ClN3O5/c1-14-4-2-7-19-20(14)23(30)26(22(19)29)25(13-15-8-10-17(24)11-9-15)21(28)16-5-3-6-18(12-16)27(31)32/h2-6,8-12,14,19-20H,7,13H2,1H3/t14-,19+,20-/m1/s1. The number of nitrogens with zero attached hydrogens (tertiary/aromatic N) is 3. The van der Waals surface area contributed by atoms with Crippen molar-refractivity contribution >= 4 is 35.0 Å². The average Bonchev–Trinajstić information content (AvgIpc) is 3.04. The van der Waals surface area contributed by atoms with E-state index in [2.05, 4.69) is 0 Å². The fraction of sp³-hybridized carbons (Fsp3) is 0.261. The van der Waals surface area contributed by atoms with E-state index in [1.807, 2.05) is 19.1 Å². The molecule has 1 aliphatic heterocycles. The third-order valence-electron chi connectivity index (χ3n) is 5.87. The van der Waals surface area contributed by atoms with Gasteiger partial charge in [0.15, 0.2) is 0 Å². The Bertz CT molecular complexity index is 1130. The molecule has 0 spiro atoms. The lowest BCUT2D eigenvalue weighted by Gasteiger charge is -2.31. The quantitative estimate of drug-likeness (QED) is 0.295. The van der Waals surface area contributed by atoms with Crippen molar-refractivity contribution in [3.63, 3.8) is 0 Å². The Labute approximate surface area is 189 Å². The Balaban J connectivity index is 1.74. The highest BCUT2D eigenvalue weighted by molar-refractivity contribution is 6.30. The molecule has 4 rings (SSSR count). The van der Waals surface area contributed by atoms with Crippen LogP contribution in [0.1, 0.15) is 29.3 Å². The number of hydrogen-bond acceptors (Lipinski definition) is 5. The van der Waals surface area contributed by atoms with Crippen LogP contribution < -0.4 is 0 Å². The first kappa shape index (κ1) is 21.7. The van der Waals surface area contributed by atoms with E-state index >= 15 is 0 Å². The third-order valence-corrected chi connectivity index (χ3v) is 6.13. The molecule has 2 aromatic rings. The summed E-state index contributed by atoms with van der Waals surface area (Å²) in [7, 11) is 0. The summed E-state index contributed by atoms with van der Waals surface area (Å²) in [6.07, 6.45) is 4.21. The normalized spacial score (nSPS) is 22.1. The number of halogens is 1. The summed E-state index contributed by atoms with van der Waals surface area (Å²) in [5.74, 6) is -2.77. The highest BCUT2D eigenvalue weighted by atomic mass is 35.5. The van der Waals surface area contributed by atoms with Crippen LogP contribution in [0.2, 0.25) is 5.02 Å². The van der Waals surface area contributed by atoms with Gasteiger partial charge in [-0.3, -0.25) is 24.5 Å². The lowest BCUT2D eigenvalue weighted by Crippen LogP contribution is -2.50. The minimum Gasteiger partial charge on any atom is -0.272 e. The van der Waals surface area contributed by atoms with Gasteiger partial charge in [0.2, 0.25) is 0 Å². The Hall–Kier alpha value is -3.52. The van der Waals surface area contributed by atoms with Crippen molar-refractivity contribution in [1.29, 1.82) is 0 Å². The Morgan fingerprint density at radius 1 is 1.19 bits per heavy atom. The van der Waals surface area contributed by atoms with Crippen molar-refractivity contribution in [2.45, 2.75) is 19.9 Å². The zero-order valence-corrected chi connectivity index (χ0v) is 17.9. The number of rotatable bonds is 5. The second-order valence-electron chi connectivity index (χ2n) is 7.94. The van der Waals surface area contributed by atoms with Gasteiger partial charge in [0.25, 0.3) is 23.4 Å². The van der Waals surface area contributed by atoms with Crippen LogP contribution in [0.25, 0.3) is 0 Å². The highest BCUT2D eigenvalue weighted by Crippen LogP contribution is 2.39. The molecule has 32 heavy (non-hydrogen) atoms. The number of nitro groups is 1. The number of carbonyl (C=O) groups excluding carboxylic acids is 3. The molecule has 0 saturated carbocycles. The van der Waals surface area contributed by atoms with Crippen LogP contribution in [0.3, 0.4) is 0 Å². The van der Waals surface area contributed by atoms with Crippen LogP contribution in [-0.2, 0) is 16.1 Å². The minimum absolute atomic E-state index is 0.00908. The number of benzene rings is 2. The number of fused-ring (bicyclic) bond motifs is 1. The van der Waals surface area contributed by atoms with Crippen LogP contribution >= 0.6 is 11.6 Å². The monoisotopic (exact) mass is 453 g/mol. The van der Waals surface area contributed by atoms with Crippen LogP contribution in [-0.4, -0.2) is 32.7 Å². The molecular weight excluding hydrogens is 434 g/mol. The van der Waals surface area contributed by atoms with E-state index in [0.717, 1.165) is 16.1 Å². The minimum atomic E-state index is -0.676. The first-order valence-electron chi connectivity index (χ1n) is 10.1. The predicted molar refractivity (Wildman–Crippen MR) is 116 cm³/mol. The van der Waals surface area contributed by atoms with Crippen molar-refractivity contribution in [3.8, 4) is 0 Å². The molecule has 0 aromatic heterocycles. The van der Waals surface area contributed by atoms with Crippen LogP contribution in [0.5, 0.6) is 0 Å². The molecule has 2 aromatic carbocycles. The Morgan fingerprint density at radius 3 is 2.56 bits per heavy atom. The summed E-state index contributed by atoms with van der Waals surface area (Å²) >= 11 is 5.96. The van der Waals surface area contributed by atoms with E-state index in [4.69, 9.17) is 11.6 Å². The molecule has 3 amide bonds. The smallest absolute Gasteiger partial charge is 0.272 e. The van der Waals surface area contributed by atoms with E-state index in [1.165, 1.54) is 18.2 Å². The molecule has 0 bridgehead atoms. The van der Waals surface area contributed by atoms with Gasteiger partial charge in [0.1, 0.15) is 0 Å². The van der Waals surface area contributed by atoms with Gasteiger partial charge in [-0.2, -0.15) is 5.01 Å². The molecule has 2 aliphatic rings. The molecule has 164 valence electrons. The summed E-state index contributed by atoms with van der Waals surface area (Å²) in [4.78, 5) is 50.6. The van der Waals surface area contributed by atoms with Gasteiger partial charge in [-0.25, -0.2) is 5.01 Å². The van der Waals surface area contributed by atoms with E-state index in [0.29, 0.717) is 17.0 Å². The fourth-order valence-corrected chi connectivity index (χ4v) is 4.39. The summed E-state index contributed by atoms with van der Waals surface area (Å²) in [5.41, 5.74) is 0.400. The SMILES string of the molecule is C[C@@H]1C=CC[C@@H]2C(=O)N(N(Cc3ccc(Cl)cc3)C(=O)c3cccc([N+](=O)[O-])c3)C(=O)[C@H]12. The summed E-state index contributed by atoms with van der Waals surface area (Å²) < 4.78 is 0. The van der Waals surface area contributed by atoms with Gasteiger partial charge >= 0.3 is 0 Å². The summed E-state index contributed by atoms with van der Waals surface area (Å²) in [5, 5.41) is 13.7. The van der Waals surface area contributed by atoms with Gasteiger partial charge in [-0.1, -0.05) is 48.9 Å². The topological polar surface area (TPSA) is 101 Å². The van der Waals surface area contributed by atoms with Crippen LogP contribution in [0, 0.1) is 27.9 Å². The van der Waals surface area contributed by atoms with Crippen molar-refractivity contribution in [3.05, 3.63) is 86.9 Å². The summed E-state index contributed by atoms with van der Waals surface area (Å²) in [6.45, 7) is 1.80. The average molecular weight is 454 g/mol. The lowest BCUT2D eigenvalue weighted by atomic mass is 9.78. The zero-order valence-electron chi connectivity index (χ0n) is 17.2. The van der Waals surface area contributed by atoms with Crippen molar-refractivity contribution in [1.82, 2.24) is 10.0 Å². The summed E-state index contributed by atoms with van der Waals surface area (Å²) in [6, 6.07) is 11.9. The van der Waals surface area contributed by atoms with Crippen LogP contribution in [0.4, 0.5) is 5.69 Å². The van der Waals surface area contributed by atoms with Crippen LogP contribution in [0.15, 0.2) is 60.7 Å². The molecule has 1 fully saturated rings. The molecule has 3 atom stereocenters. The van der Waals surface area contributed by atoms with E-state index in [1.54, 1.807) is 24.3 Å². The third kappa shape index (κ3) is 3.89. The molecule has 1 heterocycles. The number of allylic oxidation sites excluding steroid dienone is 2. The van der Waals surface area contributed by atoms with E-state index in [-0.39, 0.29) is 23.7 Å². The first-order chi connectivity index (χ1) is 15.3. The van der Waals surface area contributed by atoms with E-state index < -0.39 is 34.5 Å². The Kier molecular flexibility index (Phi) is 5.80. The number of carbonyl (C=O) groups is 3. The highest BCUT2D eigenvalue weighted by Gasteiger charge is 2.53. The maximum absolute atomic E-state index is 13.5. The lowest BCUT2D eigenvalue weighted by molar-refractivity contribution is -0.384. The maximum atomic E-state index is 13.5. The zero-order chi connectivity index (χ0) is 23.0. The first-order valence-corrected chi connectivity index (χ1v) is 10.5. The number of imide groups is 1. The molecule has 0 unspecified atom stereocenters. The van der Waals surface area contributed by atoms with Gasteiger partial charge in [0.05, 0.1) is 23.3 Å². The second kappa shape index (κ2) is 8.55. The molecule has 1 aliphatic carbocycles. The number of hydrogen-bond donors (Lipinski definition) is 0. The largest absolute Gasteiger partial charge is 0.273 e. The predicted octanol–water partition coefficient (Wildman–Crippen LogP) is 4.00. The molecule has 8 nitrogen and oxygen atoms in total. The number of non-ortho nitro benzene ring substituents is 1. The van der Waals surface area contributed by atoms with Gasteiger partial charge in [-0.05, 0) is 36.1 Å². The van der Waals surface area contributed by atoms with Gasteiger partial charge < -0.3 is 0 Å². The van der Waals surface area contributed by atoms with Crippen molar-refractivity contribution in [2.75, 3.05) is 0 Å². The molecule has 0 N–H and O–H groups in total. The van der Waals surface area contributed by atoms with Gasteiger partial charge in [0, 0.05) is 22.7 Å². The molecule has 0 radical (unpaired) electrons. The maximum Gasteiger partial charge on any atom is 0.273 e. The molecular formula is C23H20ClN3O5. The number of amides is 3.